The summed E-state index contributed by atoms with van der Waals surface area (Å²) in [7, 11) is -4.00. The van der Waals surface area contributed by atoms with Crippen LogP contribution in [0.2, 0.25) is 0 Å². The number of nitrogens with zero attached hydrogens (tertiary/aromatic N) is 3. The Bertz CT molecular complexity index is 2260. The molecule has 2 saturated heterocycles. The van der Waals surface area contributed by atoms with Crippen molar-refractivity contribution < 1.29 is 46.5 Å². The van der Waals surface area contributed by atoms with Gasteiger partial charge in [-0.2, -0.15) is 0 Å². The molecular weight excluding hydrogens is 839 g/mol. The van der Waals surface area contributed by atoms with Crippen LogP contribution in [0, 0.1) is 17.8 Å². The molecule has 2 aliphatic carbocycles. The molecule has 64 heavy (non-hydrogen) atoms. The molecule has 4 aliphatic heterocycles. The number of benzene rings is 1. The Balaban J connectivity index is 1.10. The fourth-order valence-electron chi connectivity index (χ4n) is 9.75. The van der Waals surface area contributed by atoms with Gasteiger partial charge in [-0.15, -0.1) is 0 Å². The van der Waals surface area contributed by atoms with Crippen LogP contribution in [0.25, 0.3) is 10.9 Å². The number of hydrogen-bond acceptors (Lipinski definition) is 12. The normalized spacial score (nSPS) is 29.3. The van der Waals surface area contributed by atoms with Crippen LogP contribution in [0.4, 0.5) is 0 Å². The number of fused-ring (bicyclic) bond motifs is 5. The van der Waals surface area contributed by atoms with Gasteiger partial charge < -0.3 is 29.2 Å². The molecule has 1 aromatic heterocycles. The molecule has 1 aromatic carbocycles. The van der Waals surface area contributed by atoms with Crippen LogP contribution in [0.15, 0.2) is 30.4 Å². The van der Waals surface area contributed by atoms with Gasteiger partial charge in [0, 0.05) is 48.8 Å². The van der Waals surface area contributed by atoms with Gasteiger partial charge in [-0.05, 0) is 95.8 Å². The monoisotopic (exact) mass is 905 g/mol. The maximum atomic E-state index is 15.0. The second-order valence-electron chi connectivity index (χ2n) is 19.7. The Morgan fingerprint density at radius 1 is 1.06 bits per heavy atom. The highest BCUT2D eigenvalue weighted by atomic mass is 32.2. The third-order valence-corrected chi connectivity index (χ3v) is 16.9. The summed E-state index contributed by atoms with van der Waals surface area (Å²) in [6, 6.07) is 4.89. The first-order valence-corrected chi connectivity index (χ1v) is 25.2. The highest BCUT2D eigenvalue weighted by Crippen LogP contribution is 2.49. The second-order valence-corrected chi connectivity index (χ2v) is 21.9. The van der Waals surface area contributed by atoms with Crippen molar-refractivity contribution in [2.75, 3.05) is 46.0 Å². The van der Waals surface area contributed by atoms with Crippen molar-refractivity contribution in [2.45, 2.75) is 146 Å². The van der Waals surface area contributed by atoms with Crippen LogP contribution in [0.1, 0.15) is 117 Å². The van der Waals surface area contributed by atoms with Crippen molar-refractivity contribution in [3.8, 4) is 11.5 Å². The van der Waals surface area contributed by atoms with Gasteiger partial charge in [-0.25, -0.2) is 13.4 Å². The molecule has 5 heterocycles. The first kappa shape index (κ1) is 46.3. The largest absolute Gasteiger partial charge is 0.492 e. The van der Waals surface area contributed by atoms with Crippen molar-refractivity contribution >= 4 is 44.6 Å². The van der Waals surface area contributed by atoms with E-state index in [2.05, 4.69) is 14.9 Å². The zero-order chi connectivity index (χ0) is 45.4. The Kier molecular flexibility index (Phi) is 13.4. The molecule has 1 spiro atoms. The van der Waals surface area contributed by atoms with Crippen molar-refractivity contribution in [2.24, 2.45) is 17.8 Å². The van der Waals surface area contributed by atoms with Crippen molar-refractivity contribution in [3.05, 3.63) is 41.6 Å². The number of carbonyl (C=O) groups excluding carboxylic acids is 4. The highest BCUT2D eigenvalue weighted by molar-refractivity contribution is 7.91. The summed E-state index contributed by atoms with van der Waals surface area (Å²) in [5.74, 6) is -1.82. The van der Waals surface area contributed by atoms with E-state index in [4.69, 9.17) is 23.9 Å². The van der Waals surface area contributed by atoms with E-state index in [1.807, 2.05) is 58.0 Å². The number of amides is 3. The van der Waals surface area contributed by atoms with E-state index in [0.717, 1.165) is 73.6 Å². The molecule has 2 aromatic rings. The van der Waals surface area contributed by atoms with E-state index < -0.39 is 61.6 Å². The predicted molar refractivity (Wildman–Crippen MR) is 240 cm³/mol. The molecule has 0 bridgehead atoms. The van der Waals surface area contributed by atoms with Crippen molar-refractivity contribution in [1.29, 1.82) is 0 Å². The van der Waals surface area contributed by atoms with Gasteiger partial charge in [-0.3, -0.25) is 28.8 Å². The second kappa shape index (κ2) is 18.5. The summed E-state index contributed by atoms with van der Waals surface area (Å²) in [5, 5.41) is 3.93. The summed E-state index contributed by atoms with van der Waals surface area (Å²) in [6.45, 7) is 14.0. The Hall–Kier alpha value is -4.28. The molecule has 8 rings (SSSR count). The third kappa shape index (κ3) is 9.65. The standard InChI is InChI=1S/C48H67N5O10S/c1-6-38-42-36(37-27-35(14-15-39(37)49-38)61-25-22-52-20-23-60-24-21-52)16-17-47(63-42)29-40-43(55)50-48(45(57)51-64(58,59)46(5)18-19-46)28-34(48)13-11-9-7-8-10-12-33(44(56)53(40)30-47)26-41(54)62-32(4)31(2)3/h11,13-15,27,31-34,40H,6-10,12,16-26,28-30H2,1-5H3,(H,50,55)(H,51,57)/b13-11-/t32-,33+,34+,40-,47+,48+/m0/s1. The number of rotatable bonds is 12. The summed E-state index contributed by atoms with van der Waals surface area (Å²) >= 11 is 0. The van der Waals surface area contributed by atoms with Crippen LogP contribution >= 0.6 is 0 Å². The number of aromatic nitrogens is 1. The van der Waals surface area contributed by atoms with Crippen LogP contribution in [0.5, 0.6) is 11.5 Å². The maximum absolute atomic E-state index is 15.0. The lowest BCUT2D eigenvalue weighted by atomic mass is 9.87. The molecule has 350 valence electrons. The van der Waals surface area contributed by atoms with Gasteiger partial charge in [0.2, 0.25) is 21.8 Å². The smallest absolute Gasteiger partial charge is 0.306 e. The molecule has 2 N–H and O–H groups in total. The zero-order valence-corrected chi connectivity index (χ0v) is 39.1. The fourth-order valence-corrected chi connectivity index (χ4v) is 11.1. The van der Waals surface area contributed by atoms with E-state index in [9.17, 15) is 22.8 Å². The van der Waals surface area contributed by atoms with Gasteiger partial charge in [0.15, 0.2) is 0 Å². The lowest BCUT2D eigenvalue weighted by Gasteiger charge is -2.37. The SMILES string of the molecule is CCc1nc2ccc(OCCN3CCOCC3)cc2c2c1O[C@]1(CC2)C[C@H]2C(=O)N[C@]3(C(=O)NS(=O)(=O)C4(C)CC4)C[C@H]3/C=C\CCCCC[C@H](CC(=O)O[C@@H](C)C(C)C)C(=O)N2C1. The zero-order valence-electron chi connectivity index (χ0n) is 38.2. The van der Waals surface area contributed by atoms with Gasteiger partial charge in [-0.1, -0.05) is 45.8 Å². The number of esters is 1. The quantitative estimate of drug-likeness (QED) is 0.211. The first-order valence-electron chi connectivity index (χ1n) is 23.7. The molecule has 2 saturated carbocycles. The Labute approximate surface area is 377 Å². The van der Waals surface area contributed by atoms with Crippen LogP contribution < -0.4 is 19.5 Å². The number of nitrogens with one attached hydrogen (secondary N) is 2. The molecule has 3 amide bonds. The number of allylic oxidation sites excluding steroid dienone is 1. The number of sulfonamides is 1. The summed E-state index contributed by atoms with van der Waals surface area (Å²) < 4.78 is 52.6. The Morgan fingerprint density at radius 2 is 1.84 bits per heavy atom. The summed E-state index contributed by atoms with van der Waals surface area (Å²) in [4.78, 5) is 66.4. The van der Waals surface area contributed by atoms with Crippen molar-refractivity contribution in [3.63, 3.8) is 0 Å². The average molecular weight is 906 g/mol. The molecule has 0 unspecified atom stereocenters. The molecular formula is C48H67N5O10S. The number of hydrogen-bond donors (Lipinski definition) is 2. The minimum absolute atomic E-state index is 0.0818. The highest BCUT2D eigenvalue weighted by Gasteiger charge is 2.64. The summed E-state index contributed by atoms with van der Waals surface area (Å²) in [6.07, 6.45) is 9.84. The third-order valence-electron chi connectivity index (χ3n) is 14.7. The molecule has 6 aliphatic rings. The Morgan fingerprint density at radius 3 is 2.58 bits per heavy atom. The van der Waals surface area contributed by atoms with Crippen LogP contribution in [0.3, 0.4) is 0 Å². The predicted octanol–water partition coefficient (Wildman–Crippen LogP) is 5.16. The number of pyridine rings is 1. The number of morpholine rings is 1. The van der Waals surface area contributed by atoms with E-state index in [1.165, 1.54) is 0 Å². The lowest BCUT2D eigenvalue weighted by molar-refractivity contribution is -0.155. The lowest BCUT2D eigenvalue weighted by Crippen LogP contribution is -2.57. The van der Waals surface area contributed by atoms with Crippen molar-refractivity contribution in [1.82, 2.24) is 24.8 Å². The number of ether oxygens (including phenoxy) is 4. The topological polar surface area (TPSA) is 183 Å². The maximum Gasteiger partial charge on any atom is 0.306 e. The average Bonchev–Trinajstić information content (AvgIpc) is 4.16. The molecule has 4 fully saturated rings. The number of aryl methyl sites for hydroxylation is 2. The van der Waals surface area contributed by atoms with Crippen LogP contribution in [-0.2, 0) is 51.5 Å². The van der Waals surface area contributed by atoms with Gasteiger partial charge in [0.05, 0.1) is 42.1 Å². The molecule has 6 atom stereocenters. The van der Waals surface area contributed by atoms with E-state index >= 15 is 4.79 Å². The van der Waals surface area contributed by atoms with Crippen LogP contribution in [-0.4, -0.2) is 121 Å². The minimum Gasteiger partial charge on any atom is -0.492 e. The minimum atomic E-state index is -4.00. The number of carbonyl (C=O) groups is 4. The van der Waals surface area contributed by atoms with Gasteiger partial charge in [0.25, 0.3) is 5.91 Å². The van der Waals surface area contributed by atoms with Gasteiger partial charge >= 0.3 is 5.97 Å². The molecule has 15 nitrogen and oxygen atoms in total. The van der Waals surface area contributed by atoms with Gasteiger partial charge in [0.1, 0.15) is 41.4 Å². The fraction of sp³-hybridized carbons (Fsp3) is 0.688. The summed E-state index contributed by atoms with van der Waals surface area (Å²) in [5.41, 5.74) is 0.116. The molecule has 16 heteroatoms. The van der Waals surface area contributed by atoms with E-state index in [1.54, 1.807) is 11.8 Å². The van der Waals surface area contributed by atoms with E-state index in [0.29, 0.717) is 63.7 Å². The molecule has 0 radical (unpaired) electrons. The first-order chi connectivity index (χ1) is 30.6. The van der Waals surface area contributed by atoms with E-state index in [-0.39, 0.29) is 43.7 Å².